The van der Waals surface area contributed by atoms with Crippen LogP contribution in [0.2, 0.25) is 0 Å². The van der Waals surface area contributed by atoms with Gasteiger partial charge in [-0.25, -0.2) is 8.42 Å². The van der Waals surface area contributed by atoms with Crippen molar-refractivity contribution < 1.29 is 33.0 Å². The third-order valence-corrected chi connectivity index (χ3v) is 9.55. The van der Waals surface area contributed by atoms with E-state index < -0.39 is 63.6 Å². The van der Waals surface area contributed by atoms with Crippen molar-refractivity contribution in [2.45, 2.75) is 82.7 Å². The van der Waals surface area contributed by atoms with Gasteiger partial charge in [0.2, 0.25) is 5.91 Å². The van der Waals surface area contributed by atoms with Crippen LogP contribution < -0.4 is 16.0 Å². The van der Waals surface area contributed by atoms with Gasteiger partial charge in [0.05, 0.1) is 29.2 Å². The van der Waals surface area contributed by atoms with E-state index in [2.05, 4.69) is 20.9 Å². The molecule has 0 aliphatic carbocycles. The maximum Gasteiger partial charge on any atom is 0.253 e. The normalized spacial score (nSPS) is 14.6. The van der Waals surface area contributed by atoms with Gasteiger partial charge in [-0.2, -0.15) is 0 Å². The van der Waals surface area contributed by atoms with Crippen molar-refractivity contribution in [1.82, 2.24) is 20.9 Å². The first-order valence-electron chi connectivity index (χ1n) is 16.0. The summed E-state index contributed by atoms with van der Waals surface area (Å²) in [5, 5.41) is 31.2. The number of hydrogen-bond donors (Lipinski definition) is 5. The van der Waals surface area contributed by atoms with Gasteiger partial charge in [0.15, 0.2) is 9.84 Å². The number of unbranched alkanes of at least 4 members (excludes halogenated alkanes) is 2. The van der Waals surface area contributed by atoms with E-state index >= 15 is 0 Å². The van der Waals surface area contributed by atoms with Gasteiger partial charge in [-0.05, 0) is 49.1 Å². The Morgan fingerprint density at radius 2 is 1.34 bits per heavy atom. The molecule has 5 unspecified atom stereocenters. The molecule has 5 N–H and O–H groups in total. The van der Waals surface area contributed by atoms with Crippen LogP contribution in [0.5, 0.6) is 0 Å². The number of aromatic nitrogens is 1. The highest BCUT2D eigenvalue weighted by Gasteiger charge is 2.36. The van der Waals surface area contributed by atoms with E-state index in [0.29, 0.717) is 31.2 Å². The Balaban J connectivity index is 1.90. The quantitative estimate of drug-likeness (QED) is 0.130. The lowest BCUT2D eigenvalue weighted by atomic mass is 9.91. The summed E-state index contributed by atoms with van der Waals surface area (Å²) >= 11 is 0. The SMILES string of the molecule is CCCCC(NC(=O)c1ccccc1)C(O)C(O)C(Cc1ccccc1)NC(=O)C(CS(=O)(=O)CCCC)NC(=O)c1cccnc1. The topological polar surface area (TPSA) is 175 Å². The number of hydrogen-bond acceptors (Lipinski definition) is 8. The molecule has 0 saturated heterocycles. The second-order valence-corrected chi connectivity index (χ2v) is 13.8. The van der Waals surface area contributed by atoms with E-state index in [0.717, 1.165) is 12.0 Å². The number of sulfone groups is 1. The zero-order valence-corrected chi connectivity index (χ0v) is 27.7. The number of carbonyl (C=O) groups excluding carboxylic acids is 3. The minimum absolute atomic E-state index is 0.0732. The standard InChI is InChI=1S/C35H46N4O7S/c1-3-5-19-28(37-33(42)26-16-11-8-12-17-26)31(40)32(41)29(22-25-14-9-7-10-15-25)38-35(44)30(24-47(45,46)21-6-4-2)39-34(43)27-18-13-20-36-23-27/h7-18,20,23,28-32,40-41H,3-6,19,21-22,24H2,1-2H3,(H,37,42)(H,38,44)(H,39,43). The molecule has 3 rings (SSSR count). The fraction of sp³-hybridized carbons (Fsp3) is 0.429. The monoisotopic (exact) mass is 666 g/mol. The largest absolute Gasteiger partial charge is 0.388 e. The molecule has 2 aromatic carbocycles. The van der Waals surface area contributed by atoms with Crippen LogP contribution in [0.4, 0.5) is 0 Å². The number of rotatable bonds is 19. The van der Waals surface area contributed by atoms with Gasteiger partial charge in [0.1, 0.15) is 18.2 Å². The molecule has 3 amide bonds. The smallest absolute Gasteiger partial charge is 0.253 e. The number of nitrogens with one attached hydrogen (secondary N) is 3. The van der Waals surface area contributed by atoms with Gasteiger partial charge in [-0.3, -0.25) is 19.4 Å². The van der Waals surface area contributed by atoms with Crippen molar-refractivity contribution >= 4 is 27.6 Å². The number of amides is 3. The van der Waals surface area contributed by atoms with Crippen molar-refractivity contribution in [1.29, 1.82) is 0 Å². The van der Waals surface area contributed by atoms with E-state index in [1.54, 1.807) is 60.7 Å². The fourth-order valence-corrected chi connectivity index (χ4v) is 6.74. The van der Waals surface area contributed by atoms with E-state index in [1.807, 2.05) is 19.9 Å². The van der Waals surface area contributed by atoms with E-state index in [-0.39, 0.29) is 17.7 Å². The van der Waals surface area contributed by atoms with Crippen molar-refractivity contribution in [2.75, 3.05) is 11.5 Å². The maximum absolute atomic E-state index is 13.8. The zero-order valence-electron chi connectivity index (χ0n) is 26.9. The summed E-state index contributed by atoms with van der Waals surface area (Å²) in [6, 6.07) is 17.0. The molecule has 12 heteroatoms. The lowest BCUT2D eigenvalue weighted by Crippen LogP contribution is -2.60. The molecular weight excluding hydrogens is 620 g/mol. The van der Waals surface area contributed by atoms with Gasteiger partial charge >= 0.3 is 0 Å². The number of pyridine rings is 1. The van der Waals surface area contributed by atoms with Crippen LogP contribution in [-0.2, 0) is 21.1 Å². The molecule has 3 aromatic rings. The van der Waals surface area contributed by atoms with E-state index in [1.165, 1.54) is 18.5 Å². The molecule has 0 aliphatic rings. The summed E-state index contributed by atoms with van der Waals surface area (Å²) < 4.78 is 26.0. The highest BCUT2D eigenvalue weighted by molar-refractivity contribution is 7.91. The molecule has 0 spiro atoms. The Bertz CT molecular complexity index is 1510. The second-order valence-electron chi connectivity index (χ2n) is 11.6. The first-order valence-corrected chi connectivity index (χ1v) is 17.8. The van der Waals surface area contributed by atoms with Crippen LogP contribution in [-0.4, -0.2) is 83.2 Å². The molecule has 0 saturated carbocycles. The summed E-state index contributed by atoms with van der Waals surface area (Å²) in [6.07, 6.45) is 2.57. The lowest BCUT2D eigenvalue weighted by Gasteiger charge is -2.34. The molecule has 47 heavy (non-hydrogen) atoms. The number of benzene rings is 2. The van der Waals surface area contributed by atoms with Gasteiger partial charge in [0.25, 0.3) is 11.8 Å². The highest BCUT2D eigenvalue weighted by atomic mass is 32.2. The molecule has 1 heterocycles. The van der Waals surface area contributed by atoms with Gasteiger partial charge in [-0.1, -0.05) is 81.6 Å². The molecule has 1 aromatic heterocycles. The minimum atomic E-state index is -3.76. The third-order valence-electron chi connectivity index (χ3n) is 7.80. The van der Waals surface area contributed by atoms with Gasteiger partial charge < -0.3 is 26.2 Å². The zero-order chi connectivity index (χ0) is 34.2. The third kappa shape index (κ3) is 12.2. The molecule has 5 atom stereocenters. The van der Waals surface area contributed by atoms with Crippen LogP contribution >= 0.6 is 0 Å². The van der Waals surface area contributed by atoms with Crippen LogP contribution in [0.3, 0.4) is 0 Å². The van der Waals surface area contributed by atoms with Crippen LogP contribution in [0.1, 0.15) is 72.2 Å². The van der Waals surface area contributed by atoms with Crippen molar-refractivity contribution in [3.63, 3.8) is 0 Å². The van der Waals surface area contributed by atoms with E-state index in [4.69, 9.17) is 0 Å². The number of aliphatic hydroxyl groups is 2. The fourth-order valence-electron chi connectivity index (χ4n) is 5.10. The Morgan fingerprint density at radius 1 is 0.745 bits per heavy atom. The van der Waals surface area contributed by atoms with Crippen molar-refractivity contribution in [3.8, 4) is 0 Å². The number of aliphatic hydroxyl groups excluding tert-OH is 2. The first kappa shape index (κ1) is 37.3. The minimum Gasteiger partial charge on any atom is -0.388 e. The predicted molar refractivity (Wildman–Crippen MR) is 180 cm³/mol. The van der Waals surface area contributed by atoms with Crippen molar-refractivity contribution in [2.24, 2.45) is 0 Å². The van der Waals surface area contributed by atoms with Crippen LogP contribution in [0.25, 0.3) is 0 Å². The molecular formula is C35H46N4O7S. The molecule has 0 radical (unpaired) electrons. The average molecular weight is 667 g/mol. The number of nitrogens with zero attached hydrogens (tertiary/aromatic N) is 1. The Morgan fingerprint density at radius 3 is 1.96 bits per heavy atom. The molecule has 254 valence electrons. The predicted octanol–water partition coefficient (Wildman–Crippen LogP) is 2.83. The summed E-state index contributed by atoms with van der Waals surface area (Å²) in [4.78, 5) is 43.8. The van der Waals surface area contributed by atoms with E-state index in [9.17, 15) is 33.0 Å². The Kier molecular flexibility index (Phi) is 15.0. The maximum atomic E-state index is 13.8. The van der Waals surface area contributed by atoms with Crippen LogP contribution in [0.15, 0.2) is 85.2 Å². The summed E-state index contributed by atoms with van der Waals surface area (Å²) in [6.45, 7) is 3.81. The van der Waals surface area contributed by atoms with Crippen molar-refractivity contribution in [3.05, 3.63) is 102 Å². The summed E-state index contributed by atoms with van der Waals surface area (Å²) in [7, 11) is -3.76. The van der Waals surface area contributed by atoms with Crippen LogP contribution in [0, 0.1) is 0 Å². The first-order chi connectivity index (χ1) is 22.5. The van der Waals surface area contributed by atoms with Gasteiger partial charge in [0, 0.05) is 18.0 Å². The molecule has 11 nitrogen and oxygen atoms in total. The number of carbonyl (C=O) groups is 3. The average Bonchev–Trinajstić information content (AvgIpc) is 3.08. The second kappa shape index (κ2) is 18.9. The summed E-state index contributed by atoms with van der Waals surface area (Å²) in [5.41, 5.74) is 1.26. The Labute approximate surface area is 277 Å². The molecule has 0 bridgehead atoms. The highest BCUT2D eigenvalue weighted by Crippen LogP contribution is 2.16. The lowest BCUT2D eigenvalue weighted by molar-refractivity contribution is -0.125. The Hall–Kier alpha value is -4.13. The molecule has 0 fully saturated rings. The molecule has 0 aliphatic heterocycles. The van der Waals surface area contributed by atoms with Gasteiger partial charge in [-0.15, -0.1) is 0 Å². The summed E-state index contributed by atoms with van der Waals surface area (Å²) in [5.74, 6) is -2.77.